The Balaban J connectivity index is 1.75. The Kier molecular flexibility index (Phi) is 4.79. The molecule has 6 nitrogen and oxygen atoms in total. The van der Waals surface area contributed by atoms with Gasteiger partial charge in [0.15, 0.2) is 0 Å². The first kappa shape index (κ1) is 18.9. The van der Waals surface area contributed by atoms with E-state index in [1.54, 1.807) is 0 Å². The molecular weight excluding hydrogens is 341 g/mol. The molecule has 25 heavy (non-hydrogen) atoms. The van der Waals surface area contributed by atoms with Crippen LogP contribution in [0.1, 0.15) is 45.8 Å². The number of benzene rings is 1. The van der Waals surface area contributed by atoms with Gasteiger partial charge in [0.25, 0.3) is 0 Å². The van der Waals surface area contributed by atoms with Gasteiger partial charge in [0, 0.05) is 6.61 Å². The van der Waals surface area contributed by atoms with Crippen LogP contribution < -0.4 is 10.2 Å². The van der Waals surface area contributed by atoms with E-state index in [-0.39, 0.29) is 23.3 Å². The molecule has 2 atom stereocenters. The molecule has 2 heterocycles. The van der Waals surface area contributed by atoms with E-state index in [9.17, 15) is 8.42 Å². The minimum absolute atomic E-state index is 0.238. The molecule has 138 valence electrons. The van der Waals surface area contributed by atoms with E-state index in [0.717, 1.165) is 11.0 Å². The second-order valence-electron chi connectivity index (χ2n) is 7.83. The predicted molar refractivity (Wildman–Crippen MR) is 97.2 cm³/mol. The number of sulfonamides is 1. The Morgan fingerprint density at radius 1 is 1.08 bits per heavy atom. The molecule has 0 spiro atoms. The van der Waals surface area contributed by atoms with Gasteiger partial charge in [-0.25, -0.2) is 13.1 Å². The first-order valence-corrected chi connectivity index (χ1v) is 10.4. The van der Waals surface area contributed by atoms with Gasteiger partial charge in [-0.3, -0.25) is 0 Å². The lowest BCUT2D eigenvalue weighted by atomic mass is 9.78. The largest absolute Gasteiger partial charge is 0.494 e. The van der Waals surface area contributed by atoms with Crippen LogP contribution in [0.3, 0.4) is 0 Å². The van der Waals surface area contributed by atoms with E-state index < -0.39 is 17.1 Å². The van der Waals surface area contributed by atoms with E-state index in [1.807, 2.05) is 52.0 Å². The summed E-state index contributed by atoms with van der Waals surface area (Å²) < 4.78 is 43.5. The quantitative estimate of drug-likeness (QED) is 0.814. The van der Waals surface area contributed by atoms with Crippen LogP contribution in [0.4, 0.5) is 0 Å². The van der Waals surface area contributed by atoms with Crippen molar-refractivity contribution in [1.82, 2.24) is 4.72 Å². The SMILES string of the molecule is CC1(C)OB(c2ccc(C3OCCC3NS(C)(=O)=O)cc2)OC1(C)C. The van der Waals surface area contributed by atoms with Gasteiger partial charge in [0.2, 0.25) is 10.0 Å². The number of nitrogens with one attached hydrogen (secondary N) is 1. The summed E-state index contributed by atoms with van der Waals surface area (Å²) in [5, 5.41) is 0. The molecule has 2 aliphatic heterocycles. The molecule has 0 radical (unpaired) electrons. The van der Waals surface area contributed by atoms with Crippen molar-refractivity contribution in [2.24, 2.45) is 0 Å². The van der Waals surface area contributed by atoms with Gasteiger partial charge in [-0.2, -0.15) is 0 Å². The van der Waals surface area contributed by atoms with E-state index >= 15 is 0 Å². The smallest absolute Gasteiger partial charge is 0.399 e. The summed E-state index contributed by atoms with van der Waals surface area (Å²) in [4.78, 5) is 0. The molecule has 0 aromatic heterocycles. The maximum atomic E-state index is 11.5. The molecule has 2 saturated heterocycles. The van der Waals surface area contributed by atoms with Gasteiger partial charge in [-0.05, 0) is 45.1 Å². The standard InChI is InChI=1S/C17H26BNO5S/c1-16(2)17(3,4)24-18(23-16)13-8-6-12(7-9-13)15-14(10-11-22-15)19-25(5,20)21/h6-9,14-15,19H,10-11H2,1-5H3. The Hall–Kier alpha value is -0.925. The highest BCUT2D eigenvalue weighted by atomic mass is 32.2. The van der Waals surface area contributed by atoms with Gasteiger partial charge in [0.05, 0.1) is 29.6 Å². The van der Waals surface area contributed by atoms with E-state index in [1.165, 1.54) is 6.26 Å². The topological polar surface area (TPSA) is 73.9 Å². The van der Waals surface area contributed by atoms with Crippen molar-refractivity contribution in [3.63, 3.8) is 0 Å². The van der Waals surface area contributed by atoms with Crippen molar-refractivity contribution in [1.29, 1.82) is 0 Å². The van der Waals surface area contributed by atoms with Crippen molar-refractivity contribution in [2.75, 3.05) is 12.9 Å². The summed E-state index contributed by atoms with van der Waals surface area (Å²) in [6.07, 6.45) is 1.56. The molecule has 0 aliphatic carbocycles. The molecule has 3 rings (SSSR count). The fourth-order valence-electron chi connectivity index (χ4n) is 3.14. The van der Waals surface area contributed by atoms with Crippen LogP contribution in [0.15, 0.2) is 24.3 Å². The average molecular weight is 367 g/mol. The second kappa shape index (κ2) is 6.35. The summed E-state index contributed by atoms with van der Waals surface area (Å²) in [6, 6.07) is 7.58. The fourth-order valence-corrected chi connectivity index (χ4v) is 3.93. The van der Waals surface area contributed by atoms with Crippen LogP contribution in [-0.2, 0) is 24.1 Å². The van der Waals surface area contributed by atoms with Gasteiger partial charge < -0.3 is 14.0 Å². The summed E-state index contributed by atoms with van der Waals surface area (Å²) >= 11 is 0. The number of ether oxygens (including phenoxy) is 1. The molecule has 1 aromatic carbocycles. The van der Waals surface area contributed by atoms with Crippen LogP contribution >= 0.6 is 0 Å². The van der Waals surface area contributed by atoms with Crippen LogP contribution in [0.5, 0.6) is 0 Å². The monoisotopic (exact) mass is 367 g/mol. The molecule has 2 unspecified atom stereocenters. The maximum Gasteiger partial charge on any atom is 0.494 e. The number of rotatable bonds is 4. The van der Waals surface area contributed by atoms with Crippen LogP contribution in [0.25, 0.3) is 0 Å². The third-order valence-corrected chi connectivity index (χ3v) is 5.98. The predicted octanol–water partition coefficient (Wildman–Crippen LogP) is 1.37. The molecule has 0 saturated carbocycles. The Morgan fingerprint density at radius 2 is 1.64 bits per heavy atom. The summed E-state index contributed by atoms with van der Waals surface area (Å²) in [7, 11) is -3.67. The van der Waals surface area contributed by atoms with E-state index in [4.69, 9.17) is 14.0 Å². The molecule has 2 fully saturated rings. The fraction of sp³-hybridized carbons (Fsp3) is 0.647. The van der Waals surface area contributed by atoms with Crippen LogP contribution in [0.2, 0.25) is 0 Å². The highest BCUT2D eigenvalue weighted by Gasteiger charge is 2.51. The molecule has 0 bridgehead atoms. The molecular formula is C17H26BNO5S. The maximum absolute atomic E-state index is 11.5. The molecule has 0 amide bonds. The lowest BCUT2D eigenvalue weighted by Crippen LogP contribution is -2.41. The van der Waals surface area contributed by atoms with Gasteiger partial charge in [-0.15, -0.1) is 0 Å². The van der Waals surface area contributed by atoms with E-state index in [2.05, 4.69) is 4.72 Å². The molecule has 8 heteroatoms. The van der Waals surface area contributed by atoms with Crippen LogP contribution in [0, 0.1) is 0 Å². The van der Waals surface area contributed by atoms with Crippen molar-refractivity contribution >= 4 is 22.6 Å². The minimum atomic E-state index is -3.27. The van der Waals surface area contributed by atoms with Gasteiger partial charge in [-0.1, -0.05) is 24.3 Å². The number of hydrogen-bond acceptors (Lipinski definition) is 5. The Bertz CT molecular complexity index is 716. The minimum Gasteiger partial charge on any atom is -0.399 e. The zero-order valence-corrected chi connectivity index (χ0v) is 16.2. The Labute approximate surface area is 150 Å². The van der Waals surface area contributed by atoms with Gasteiger partial charge >= 0.3 is 7.12 Å². The summed E-state index contributed by atoms with van der Waals surface area (Å²) in [5.74, 6) is 0. The third kappa shape index (κ3) is 3.93. The zero-order valence-electron chi connectivity index (χ0n) is 15.4. The highest BCUT2D eigenvalue weighted by Crippen LogP contribution is 2.36. The summed E-state index contributed by atoms with van der Waals surface area (Å²) in [6.45, 7) is 8.63. The lowest BCUT2D eigenvalue weighted by molar-refractivity contribution is 0.00578. The number of hydrogen-bond donors (Lipinski definition) is 1. The van der Waals surface area contributed by atoms with Crippen molar-refractivity contribution in [2.45, 2.75) is 57.5 Å². The van der Waals surface area contributed by atoms with Crippen molar-refractivity contribution in [3.8, 4) is 0 Å². The molecule has 1 aromatic rings. The highest BCUT2D eigenvalue weighted by molar-refractivity contribution is 7.88. The molecule has 1 N–H and O–H groups in total. The average Bonchev–Trinajstić information content (AvgIpc) is 3.00. The van der Waals surface area contributed by atoms with Crippen molar-refractivity contribution in [3.05, 3.63) is 29.8 Å². The normalized spacial score (nSPS) is 28.4. The lowest BCUT2D eigenvalue weighted by Gasteiger charge is -2.32. The Morgan fingerprint density at radius 3 is 2.16 bits per heavy atom. The first-order valence-electron chi connectivity index (χ1n) is 8.53. The summed E-state index contributed by atoms with van der Waals surface area (Å²) in [5.41, 5.74) is 1.12. The molecule has 2 aliphatic rings. The third-order valence-electron chi connectivity index (χ3n) is 5.25. The van der Waals surface area contributed by atoms with Crippen LogP contribution in [-0.4, -0.2) is 45.6 Å². The van der Waals surface area contributed by atoms with E-state index in [0.29, 0.717) is 13.0 Å². The van der Waals surface area contributed by atoms with Crippen molar-refractivity contribution < 1.29 is 22.5 Å². The first-order chi connectivity index (χ1) is 11.5. The van der Waals surface area contributed by atoms with Gasteiger partial charge in [0.1, 0.15) is 0 Å². The zero-order chi connectivity index (χ0) is 18.5. The second-order valence-corrected chi connectivity index (χ2v) is 9.61.